The summed E-state index contributed by atoms with van der Waals surface area (Å²) < 4.78 is 16.3. The molecule has 2 amide bonds. The molecule has 0 fully saturated rings. The minimum atomic E-state index is -0.708. The number of nitrogens with one attached hydrogen (secondary N) is 1. The molecule has 0 atom stereocenters. The van der Waals surface area contributed by atoms with Crippen LogP contribution in [0.25, 0.3) is 0 Å². The molecule has 0 radical (unpaired) electrons. The van der Waals surface area contributed by atoms with E-state index in [0.717, 1.165) is 17.1 Å². The molecular weight excluding hydrogens is 283 g/mol. The van der Waals surface area contributed by atoms with Crippen LogP contribution in [-0.4, -0.2) is 21.4 Å². The van der Waals surface area contributed by atoms with Gasteiger partial charge in [-0.25, -0.2) is 4.39 Å². The lowest BCUT2D eigenvalue weighted by Gasteiger charge is -2.04. The number of nitrogens with zero attached hydrogens (tertiary/aromatic N) is 2. The first kappa shape index (κ1) is 14.1. The maximum absolute atomic E-state index is 12.7. The molecule has 1 heterocycles. The Kier molecular flexibility index (Phi) is 4.36. The molecule has 0 saturated carbocycles. The highest BCUT2D eigenvalue weighted by Crippen LogP contribution is 2.10. The average Bonchev–Trinajstić information content (AvgIpc) is 2.86. The normalized spacial score (nSPS) is 10.2. The molecule has 2 aromatic rings. The zero-order valence-corrected chi connectivity index (χ0v) is 11.1. The van der Waals surface area contributed by atoms with Crippen LogP contribution in [0.1, 0.15) is 20.9 Å². The van der Waals surface area contributed by atoms with Crippen molar-refractivity contribution < 1.29 is 14.0 Å². The van der Waals surface area contributed by atoms with Crippen molar-refractivity contribution in [2.75, 3.05) is 0 Å². The van der Waals surface area contributed by atoms with Crippen molar-refractivity contribution in [3.63, 3.8) is 0 Å². The van der Waals surface area contributed by atoms with Crippen LogP contribution in [0.4, 0.5) is 4.39 Å². The Morgan fingerprint density at radius 3 is 2.65 bits per heavy atom. The third kappa shape index (κ3) is 3.58. The molecule has 0 unspecified atom stereocenters. The van der Waals surface area contributed by atoms with Crippen LogP contribution in [-0.2, 0) is 17.8 Å². The summed E-state index contributed by atoms with van der Waals surface area (Å²) in [5.74, 6) is -1.33. The van der Waals surface area contributed by atoms with Gasteiger partial charge in [0, 0.05) is 6.54 Å². The van der Waals surface area contributed by atoms with Crippen molar-refractivity contribution in [2.24, 2.45) is 5.73 Å². The van der Waals surface area contributed by atoms with Gasteiger partial charge in [-0.2, -0.15) is 0 Å². The Labute approximate surface area is 118 Å². The van der Waals surface area contributed by atoms with E-state index in [2.05, 4.69) is 14.9 Å². The molecular formula is C12H11FN4O2S. The number of nitrogens with two attached hydrogens (primary N) is 1. The molecule has 0 saturated heterocycles. The zero-order valence-electron chi connectivity index (χ0n) is 10.3. The number of halogens is 1. The van der Waals surface area contributed by atoms with E-state index in [1.165, 1.54) is 12.1 Å². The van der Waals surface area contributed by atoms with Crippen molar-refractivity contribution in [3.8, 4) is 0 Å². The second-order valence-corrected chi connectivity index (χ2v) is 4.83. The Bertz CT molecular complexity index is 627. The molecule has 1 aromatic carbocycles. The summed E-state index contributed by atoms with van der Waals surface area (Å²) >= 11 is 0.957. The highest BCUT2D eigenvalue weighted by atomic mass is 32.1. The van der Waals surface area contributed by atoms with E-state index in [4.69, 9.17) is 5.73 Å². The van der Waals surface area contributed by atoms with E-state index < -0.39 is 5.91 Å². The van der Waals surface area contributed by atoms with Crippen LogP contribution in [0.5, 0.6) is 0 Å². The van der Waals surface area contributed by atoms with E-state index in [-0.39, 0.29) is 30.4 Å². The number of hydrogen-bond donors (Lipinski definition) is 2. The van der Waals surface area contributed by atoms with Crippen molar-refractivity contribution in [1.82, 2.24) is 14.9 Å². The van der Waals surface area contributed by atoms with Crippen LogP contribution in [0.3, 0.4) is 0 Å². The predicted octanol–water partition coefficient (Wildman–Crippen LogP) is 0.635. The summed E-state index contributed by atoms with van der Waals surface area (Å²) in [4.78, 5) is 23.2. The quantitative estimate of drug-likeness (QED) is 0.845. The summed E-state index contributed by atoms with van der Waals surface area (Å²) in [7, 11) is 0. The maximum atomic E-state index is 12.7. The molecule has 20 heavy (non-hydrogen) atoms. The number of amides is 2. The van der Waals surface area contributed by atoms with Gasteiger partial charge in [0.25, 0.3) is 5.91 Å². The molecule has 0 aliphatic heterocycles. The van der Waals surface area contributed by atoms with Gasteiger partial charge in [0.15, 0.2) is 5.69 Å². The standard InChI is InChI=1S/C12H11FN4O2S/c13-8-3-1-7(2-4-8)6-15-10(18)5-9-11(12(14)19)16-17-20-9/h1-4H,5-6H2,(H2,14,19)(H,15,18). The van der Waals surface area contributed by atoms with E-state index in [1.54, 1.807) is 12.1 Å². The van der Waals surface area contributed by atoms with Crippen LogP contribution in [0.15, 0.2) is 24.3 Å². The minimum absolute atomic E-state index is 0.0167. The smallest absolute Gasteiger partial charge is 0.270 e. The Morgan fingerprint density at radius 1 is 1.30 bits per heavy atom. The lowest BCUT2D eigenvalue weighted by Crippen LogP contribution is -2.25. The Hall–Kier alpha value is -2.35. The minimum Gasteiger partial charge on any atom is -0.364 e. The summed E-state index contributed by atoms with van der Waals surface area (Å²) in [6, 6.07) is 5.80. The van der Waals surface area contributed by atoms with Crippen molar-refractivity contribution in [2.45, 2.75) is 13.0 Å². The lowest BCUT2D eigenvalue weighted by atomic mass is 10.2. The highest BCUT2D eigenvalue weighted by Gasteiger charge is 2.16. The summed E-state index contributed by atoms with van der Waals surface area (Å²) in [5, 5.41) is 6.23. The molecule has 0 aliphatic carbocycles. The molecule has 6 nitrogen and oxygen atoms in total. The van der Waals surface area contributed by atoms with Gasteiger partial charge < -0.3 is 11.1 Å². The molecule has 0 aliphatic rings. The first-order valence-electron chi connectivity index (χ1n) is 5.68. The topological polar surface area (TPSA) is 98.0 Å². The van der Waals surface area contributed by atoms with Crippen LogP contribution in [0, 0.1) is 5.82 Å². The van der Waals surface area contributed by atoms with Gasteiger partial charge in [0.2, 0.25) is 5.91 Å². The van der Waals surface area contributed by atoms with Gasteiger partial charge in [-0.05, 0) is 29.2 Å². The monoisotopic (exact) mass is 294 g/mol. The molecule has 104 valence electrons. The van der Waals surface area contributed by atoms with Crippen molar-refractivity contribution in [1.29, 1.82) is 0 Å². The fourth-order valence-corrected chi connectivity index (χ4v) is 2.17. The predicted molar refractivity (Wildman–Crippen MR) is 70.4 cm³/mol. The van der Waals surface area contributed by atoms with E-state index in [0.29, 0.717) is 4.88 Å². The van der Waals surface area contributed by atoms with E-state index in [9.17, 15) is 14.0 Å². The van der Waals surface area contributed by atoms with Gasteiger partial charge in [-0.1, -0.05) is 16.6 Å². The van der Waals surface area contributed by atoms with Crippen LogP contribution < -0.4 is 11.1 Å². The number of carbonyl (C=O) groups is 2. The maximum Gasteiger partial charge on any atom is 0.270 e. The van der Waals surface area contributed by atoms with Crippen LogP contribution >= 0.6 is 11.5 Å². The van der Waals surface area contributed by atoms with Gasteiger partial charge in [0.05, 0.1) is 11.3 Å². The molecule has 0 bridgehead atoms. The number of benzene rings is 1. The SMILES string of the molecule is NC(=O)c1nnsc1CC(=O)NCc1ccc(F)cc1. The number of carbonyl (C=O) groups excluding carboxylic acids is 2. The number of aromatic nitrogens is 2. The van der Waals surface area contributed by atoms with E-state index in [1.807, 2.05) is 0 Å². The van der Waals surface area contributed by atoms with Gasteiger partial charge in [0.1, 0.15) is 5.82 Å². The fraction of sp³-hybridized carbons (Fsp3) is 0.167. The molecule has 3 N–H and O–H groups in total. The first-order chi connectivity index (χ1) is 9.56. The highest BCUT2D eigenvalue weighted by molar-refractivity contribution is 7.06. The van der Waals surface area contributed by atoms with Crippen molar-refractivity contribution in [3.05, 3.63) is 46.2 Å². The summed E-state index contributed by atoms with van der Waals surface area (Å²) in [6.07, 6.45) is -0.0167. The second-order valence-electron chi connectivity index (χ2n) is 3.99. The van der Waals surface area contributed by atoms with Crippen molar-refractivity contribution >= 4 is 23.3 Å². The Balaban J connectivity index is 1.91. The lowest BCUT2D eigenvalue weighted by molar-refractivity contribution is -0.120. The fourth-order valence-electron chi connectivity index (χ4n) is 1.52. The number of hydrogen-bond acceptors (Lipinski definition) is 5. The average molecular weight is 294 g/mol. The third-order valence-corrected chi connectivity index (χ3v) is 3.23. The summed E-state index contributed by atoms with van der Waals surface area (Å²) in [6.45, 7) is 0.275. The molecule has 2 rings (SSSR count). The molecule has 1 aromatic heterocycles. The number of rotatable bonds is 5. The molecule has 8 heteroatoms. The zero-order chi connectivity index (χ0) is 14.5. The van der Waals surface area contributed by atoms with Crippen LogP contribution in [0.2, 0.25) is 0 Å². The van der Waals surface area contributed by atoms with Gasteiger partial charge in [-0.15, -0.1) is 5.10 Å². The third-order valence-electron chi connectivity index (χ3n) is 2.51. The second kappa shape index (κ2) is 6.20. The summed E-state index contributed by atoms with van der Waals surface area (Å²) in [5.41, 5.74) is 5.91. The number of primary amides is 1. The van der Waals surface area contributed by atoms with E-state index >= 15 is 0 Å². The first-order valence-corrected chi connectivity index (χ1v) is 6.46. The Morgan fingerprint density at radius 2 is 2.00 bits per heavy atom. The van der Waals surface area contributed by atoms with Gasteiger partial charge in [-0.3, -0.25) is 9.59 Å². The van der Waals surface area contributed by atoms with Gasteiger partial charge >= 0.3 is 0 Å². The largest absolute Gasteiger partial charge is 0.364 e. The molecule has 0 spiro atoms.